The van der Waals surface area contributed by atoms with Crippen molar-refractivity contribution in [3.63, 3.8) is 0 Å². The first kappa shape index (κ1) is 11.7. The lowest BCUT2D eigenvalue weighted by Gasteiger charge is -2.32. The summed E-state index contributed by atoms with van der Waals surface area (Å²) in [6, 6.07) is 1.97. The Labute approximate surface area is 89.5 Å². The first-order chi connectivity index (χ1) is 6.55. The van der Waals surface area contributed by atoms with Crippen LogP contribution < -0.4 is 0 Å². The molecule has 1 N–H and O–H groups in total. The minimum atomic E-state index is -0.538. The van der Waals surface area contributed by atoms with Gasteiger partial charge in [-0.25, -0.2) is 0 Å². The second-order valence-electron chi connectivity index (χ2n) is 3.71. The summed E-state index contributed by atoms with van der Waals surface area (Å²) in [5.41, 5.74) is 0.507. The van der Waals surface area contributed by atoms with Gasteiger partial charge in [-0.3, -0.25) is 0 Å². The minimum absolute atomic E-state index is 0.480. The molecule has 1 aromatic rings. The third-order valence-electron chi connectivity index (χ3n) is 2.94. The van der Waals surface area contributed by atoms with Crippen molar-refractivity contribution in [1.82, 2.24) is 0 Å². The van der Waals surface area contributed by atoms with Crippen molar-refractivity contribution >= 4 is 11.3 Å². The van der Waals surface area contributed by atoms with Crippen molar-refractivity contribution in [2.45, 2.75) is 38.9 Å². The zero-order chi connectivity index (χ0) is 10.8. The maximum atomic E-state index is 10.2. The maximum absolute atomic E-state index is 10.2. The fourth-order valence-electron chi connectivity index (χ4n) is 1.46. The van der Waals surface area contributed by atoms with Crippen molar-refractivity contribution in [3.05, 3.63) is 21.9 Å². The van der Waals surface area contributed by atoms with Crippen LogP contribution >= 0.6 is 11.3 Å². The molecular weight excluding hydrogens is 196 g/mol. The van der Waals surface area contributed by atoms with Crippen LogP contribution in [-0.2, 0) is 4.74 Å². The van der Waals surface area contributed by atoms with Crippen molar-refractivity contribution in [2.24, 2.45) is 0 Å². The number of hydrogen-bond acceptors (Lipinski definition) is 3. The molecule has 0 aliphatic rings. The predicted molar refractivity (Wildman–Crippen MR) is 59.7 cm³/mol. The van der Waals surface area contributed by atoms with Crippen molar-refractivity contribution in [3.8, 4) is 0 Å². The summed E-state index contributed by atoms with van der Waals surface area (Å²) >= 11 is 1.65. The van der Waals surface area contributed by atoms with Gasteiger partial charge in [0.2, 0.25) is 0 Å². The smallest absolute Gasteiger partial charge is 0.109 e. The minimum Gasteiger partial charge on any atom is -0.385 e. The Morgan fingerprint density at radius 1 is 1.64 bits per heavy atom. The highest BCUT2D eigenvalue weighted by Gasteiger charge is 2.33. The average Bonchev–Trinajstić information content (AvgIpc) is 2.62. The normalized spacial score (nSPS) is 17.8. The topological polar surface area (TPSA) is 29.5 Å². The zero-order valence-electron chi connectivity index (χ0n) is 9.20. The Hall–Kier alpha value is -0.380. The second kappa shape index (κ2) is 4.43. The van der Waals surface area contributed by atoms with Gasteiger partial charge in [0, 0.05) is 12.0 Å². The highest BCUT2D eigenvalue weighted by Crippen LogP contribution is 2.34. The molecule has 0 aromatic carbocycles. The first-order valence-electron chi connectivity index (χ1n) is 4.82. The van der Waals surface area contributed by atoms with E-state index in [1.54, 1.807) is 18.4 Å². The van der Waals surface area contributed by atoms with Gasteiger partial charge >= 0.3 is 0 Å². The summed E-state index contributed by atoms with van der Waals surface area (Å²) in [6.45, 7) is 5.98. The van der Waals surface area contributed by atoms with E-state index in [4.69, 9.17) is 4.74 Å². The Morgan fingerprint density at radius 3 is 2.64 bits per heavy atom. The van der Waals surface area contributed by atoms with Gasteiger partial charge in [-0.2, -0.15) is 0 Å². The van der Waals surface area contributed by atoms with Crippen LogP contribution in [0.3, 0.4) is 0 Å². The van der Waals surface area contributed by atoms with Crippen LogP contribution in [-0.4, -0.2) is 17.8 Å². The van der Waals surface area contributed by atoms with E-state index in [0.29, 0.717) is 0 Å². The van der Waals surface area contributed by atoms with Crippen LogP contribution in [0.1, 0.15) is 36.8 Å². The lowest BCUT2D eigenvalue weighted by Crippen LogP contribution is -2.34. The molecule has 0 amide bonds. The first-order valence-corrected chi connectivity index (χ1v) is 5.70. The van der Waals surface area contributed by atoms with Gasteiger partial charge in [0.15, 0.2) is 0 Å². The number of aliphatic hydroxyl groups is 1. The molecule has 0 saturated carbocycles. The molecule has 0 radical (unpaired) electrons. The molecule has 0 aliphatic carbocycles. The maximum Gasteiger partial charge on any atom is 0.109 e. The fourth-order valence-corrected chi connectivity index (χ4v) is 2.19. The van der Waals surface area contributed by atoms with Gasteiger partial charge in [-0.15, -0.1) is 11.3 Å². The molecule has 0 saturated heterocycles. The zero-order valence-corrected chi connectivity index (χ0v) is 10.0. The Bertz CT molecular complexity index is 289. The van der Waals surface area contributed by atoms with E-state index in [1.165, 1.54) is 0 Å². The van der Waals surface area contributed by atoms with Crippen LogP contribution in [0.5, 0.6) is 0 Å². The molecule has 1 rings (SSSR count). The molecule has 0 fully saturated rings. The molecule has 1 heterocycles. The molecule has 3 heteroatoms. The van der Waals surface area contributed by atoms with Crippen LogP contribution in [0.15, 0.2) is 11.4 Å². The van der Waals surface area contributed by atoms with Crippen LogP contribution in [0.4, 0.5) is 0 Å². The highest BCUT2D eigenvalue weighted by molar-refractivity contribution is 7.10. The number of aliphatic hydroxyl groups excluding tert-OH is 1. The van der Waals surface area contributed by atoms with Gasteiger partial charge in [0.05, 0.1) is 5.60 Å². The predicted octanol–water partition coefficient (Wildman–Crippen LogP) is 2.91. The summed E-state index contributed by atoms with van der Waals surface area (Å²) in [4.78, 5) is 1.16. The Kier molecular flexibility index (Phi) is 3.70. The summed E-state index contributed by atoms with van der Waals surface area (Å²) in [5.74, 6) is 0. The standard InChI is InChI=1S/C11H18O2S/c1-5-11(3,13-4)10(12)9-6-7-14-8(9)2/h6-7,10,12H,5H2,1-4H3. The second-order valence-corrected chi connectivity index (χ2v) is 4.83. The molecule has 0 bridgehead atoms. The third kappa shape index (κ3) is 2.00. The van der Waals surface area contributed by atoms with E-state index in [0.717, 1.165) is 16.9 Å². The van der Waals surface area contributed by atoms with Gasteiger partial charge in [-0.1, -0.05) is 6.92 Å². The van der Waals surface area contributed by atoms with E-state index in [9.17, 15) is 5.11 Å². The molecular formula is C11H18O2S. The van der Waals surface area contributed by atoms with Gasteiger partial charge in [0.25, 0.3) is 0 Å². The van der Waals surface area contributed by atoms with Crippen molar-refractivity contribution in [2.75, 3.05) is 7.11 Å². The Morgan fingerprint density at radius 2 is 2.29 bits per heavy atom. The van der Waals surface area contributed by atoms with Crippen molar-refractivity contribution in [1.29, 1.82) is 0 Å². The number of methoxy groups -OCH3 is 1. The molecule has 14 heavy (non-hydrogen) atoms. The number of hydrogen-bond donors (Lipinski definition) is 1. The molecule has 1 aromatic heterocycles. The number of rotatable bonds is 4. The van der Waals surface area contributed by atoms with E-state index in [2.05, 4.69) is 0 Å². The quantitative estimate of drug-likeness (QED) is 0.835. The lowest BCUT2D eigenvalue weighted by atomic mass is 9.91. The van der Waals surface area contributed by atoms with Crippen LogP contribution in [0.2, 0.25) is 0 Å². The van der Waals surface area contributed by atoms with E-state index < -0.39 is 11.7 Å². The number of thiophene rings is 1. The molecule has 0 spiro atoms. The molecule has 2 atom stereocenters. The fraction of sp³-hybridized carbons (Fsp3) is 0.636. The number of aryl methyl sites for hydroxylation is 1. The van der Waals surface area contributed by atoms with E-state index in [-0.39, 0.29) is 0 Å². The monoisotopic (exact) mass is 214 g/mol. The summed E-state index contributed by atoms with van der Waals surface area (Å²) in [7, 11) is 1.65. The SMILES string of the molecule is CCC(C)(OC)C(O)c1ccsc1C. The van der Waals surface area contributed by atoms with Gasteiger partial charge in [-0.05, 0) is 37.3 Å². The molecule has 0 aliphatic heterocycles. The van der Waals surface area contributed by atoms with Crippen molar-refractivity contribution < 1.29 is 9.84 Å². The molecule has 2 nitrogen and oxygen atoms in total. The largest absolute Gasteiger partial charge is 0.385 e. The lowest BCUT2D eigenvalue weighted by molar-refractivity contribution is -0.0944. The summed E-state index contributed by atoms with van der Waals surface area (Å²) < 4.78 is 5.38. The molecule has 80 valence electrons. The van der Waals surface area contributed by atoms with Gasteiger partial charge in [0.1, 0.15) is 6.10 Å². The summed E-state index contributed by atoms with van der Waals surface area (Å²) in [5, 5.41) is 12.2. The number of ether oxygens (including phenoxy) is 1. The summed E-state index contributed by atoms with van der Waals surface area (Å²) in [6.07, 6.45) is 0.253. The highest BCUT2D eigenvalue weighted by atomic mass is 32.1. The van der Waals surface area contributed by atoms with Crippen LogP contribution in [0.25, 0.3) is 0 Å². The third-order valence-corrected chi connectivity index (χ3v) is 3.80. The van der Waals surface area contributed by atoms with E-state index in [1.807, 2.05) is 32.2 Å². The molecule has 2 unspecified atom stereocenters. The van der Waals surface area contributed by atoms with E-state index >= 15 is 0 Å². The van der Waals surface area contributed by atoms with Gasteiger partial charge < -0.3 is 9.84 Å². The average molecular weight is 214 g/mol. The Balaban J connectivity index is 2.94. The van der Waals surface area contributed by atoms with Crippen LogP contribution in [0, 0.1) is 6.92 Å².